The minimum absolute atomic E-state index is 0.423. The van der Waals surface area contributed by atoms with Crippen LogP contribution >= 0.6 is 11.6 Å². The molecule has 0 bridgehead atoms. The van der Waals surface area contributed by atoms with Crippen LogP contribution in [0.2, 0.25) is 5.02 Å². The number of rotatable bonds is 6. The molecule has 1 aromatic carbocycles. The third-order valence-corrected chi connectivity index (χ3v) is 4.80. The van der Waals surface area contributed by atoms with E-state index in [-0.39, 0.29) is 0 Å². The van der Waals surface area contributed by atoms with Gasteiger partial charge in [0.2, 0.25) is 0 Å². The number of hydrogen-bond donors (Lipinski definition) is 1. The van der Waals surface area contributed by atoms with Gasteiger partial charge in [0.15, 0.2) is 0 Å². The Kier molecular flexibility index (Phi) is 6.34. The Balaban J connectivity index is 1.91. The predicted molar refractivity (Wildman–Crippen MR) is 87.4 cm³/mol. The Morgan fingerprint density at radius 1 is 1.30 bits per heavy atom. The highest BCUT2D eigenvalue weighted by atomic mass is 35.5. The van der Waals surface area contributed by atoms with Gasteiger partial charge < -0.3 is 10.2 Å². The first-order valence-corrected chi connectivity index (χ1v) is 8.29. The molecule has 2 rings (SSSR count). The van der Waals surface area contributed by atoms with Crippen LogP contribution < -0.4 is 5.32 Å². The fourth-order valence-electron chi connectivity index (χ4n) is 3.28. The average molecular weight is 295 g/mol. The predicted octanol–water partition coefficient (Wildman–Crippen LogP) is 4.26. The number of likely N-dealkylation sites (tertiary alicyclic amines) is 1. The van der Waals surface area contributed by atoms with Gasteiger partial charge in [0.05, 0.1) is 0 Å². The van der Waals surface area contributed by atoms with Crippen LogP contribution in [0.25, 0.3) is 0 Å². The molecule has 1 saturated heterocycles. The number of nitrogens with one attached hydrogen (secondary N) is 1. The monoisotopic (exact) mass is 294 g/mol. The summed E-state index contributed by atoms with van der Waals surface area (Å²) in [5.41, 5.74) is 1.34. The fourth-order valence-corrected chi connectivity index (χ4v) is 3.41. The minimum atomic E-state index is 0.423. The summed E-state index contributed by atoms with van der Waals surface area (Å²) in [5.74, 6) is 0. The van der Waals surface area contributed by atoms with Crippen molar-refractivity contribution >= 4 is 11.6 Å². The molecule has 1 aliphatic rings. The summed E-state index contributed by atoms with van der Waals surface area (Å²) in [6, 6.07) is 9.46. The topological polar surface area (TPSA) is 15.3 Å². The Morgan fingerprint density at radius 2 is 2.05 bits per heavy atom. The van der Waals surface area contributed by atoms with E-state index in [1.807, 2.05) is 19.2 Å². The van der Waals surface area contributed by atoms with E-state index in [2.05, 4.69) is 29.3 Å². The maximum atomic E-state index is 5.97. The lowest BCUT2D eigenvalue weighted by Crippen LogP contribution is -2.40. The van der Waals surface area contributed by atoms with Gasteiger partial charge in [-0.1, -0.05) is 37.1 Å². The van der Waals surface area contributed by atoms with Crippen LogP contribution in [0.5, 0.6) is 0 Å². The van der Waals surface area contributed by atoms with Crippen LogP contribution in [0, 0.1) is 0 Å². The minimum Gasteiger partial charge on any atom is -0.313 e. The molecular weight excluding hydrogens is 268 g/mol. The van der Waals surface area contributed by atoms with Gasteiger partial charge in [-0.3, -0.25) is 0 Å². The van der Waals surface area contributed by atoms with E-state index in [0.29, 0.717) is 6.04 Å². The fraction of sp³-hybridized carbons (Fsp3) is 0.647. The normalized spacial score (nSPS) is 21.9. The van der Waals surface area contributed by atoms with Crippen molar-refractivity contribution in [3.8, 4) is 0 Å². The van der Waals surface area contributed by atoms with Gasteiger partial charge in [-0.2, -0.15) is 0 Å². The molecular formula is C17H27ClN2. The smallest absolute Gasteiger partial charge is 0.0406 e. The van der Waals surface area contributed by atoms with Crippen molar-refractivity contribution in [1.29, 1.82) is 0 Å². The molecule has 2 unspecified atom stereocenters. The van der Waals surface area contributed by atoms with Gasteiger partial charge in [-0.15, -0.1) is 0 Å². The second kappa shape index (κ2) is 8.02. The summed E-state index contributed by atoms with van der Waals surface area (Å²) >= 11 is 5.97. The molecule has 1 fully saturated rings. The van der Waals surface area contributed by atoms with E-state index in [4.69, 9.17) is 11.6 Å². The van der Waals surface area contributed by atoms with Gasteiger partial charge in [-0.25, -0.2) is 0 Å². The van der Waals surface area contributed by atoms with Gasteiger partial charge in [0.25, 0.3) is 0 Å². The molecule has 112 valence electrons. The lowest BCUT2D eigenvalue weighted by Gasteiger charge is -2.36. The summed E-state index contributed by atoms with van der Waals surface area (Å²) in [6.45, 7) is 4.78. The average Bonchev–Trinajstić information content (AvgIpc) is 2.50. The van der Waals surface area contributed by atoms with E-state index < -0.39 is 0 Å². The third-order valence-electron chi connectivity index (χ3n) is 4.55. The van der Waals surface area contributed by atoms with E-state index in [1.165, 1.54) is 44.3 Å². The summed E-state index contributed by atoms with van der Waals surface area (Å²) in [6.07, 6.45) is 6.59. The first-order chi connectivity index (χ1) is 9.74. The number of halogens is 1. The van der Waals surface area contributed by atoms with Crippen LogP contribution in [0.4, 0.5) is 0 Å². The van der Waals surface area contributed by atoms with Crippen LogP contribution in [-0.4, -0.2) is 31.1 Å². The Morgan fingerprint density at radius 3 is 2.70 bits per heavy atom. The van der Waals surface area contributed by atoms with Gasteiger partial charge in [0, 0.05) is 23.7 Å². The van der Waals surface area contributed by atoms with Crippen molar-refractivity contribution in [2.75, 3.05) is 20.1 Å². The summed E-state index contributed by atoms with van der Waals surface area (Å²) in [7, 11) is 2.05. The van der Waals surface area contributed by atoms with Crippen molar-refractivity contribution in [1.82, 2.24) is 10.2 Å². The zero-order valence-electron chi connectivity index (χ0n) is 12.7. The molecule has 1 N–H and O–H groups in total. The zero-order chi connectivity index (χ0) is 14.4. The van der Waals surface area contributed by atoms with E-state index in [1.54, 1.807) is 0 Å². The van der Waals surface area contributed by atoms with Crippen molar-refractivity contribution in [3.63, 3.8) is 0 Å². The molecule has 2 atom stereocenters. The lowest BCUT2D eigenvalue weighted by atomic mass is 9.98. The first-order valence-electron chi connectivity index (χ1n) is 7.91. The molecule has 1 aromatic rings. The summed E-state index contributed by atoms with van der Waals surface area (Å²) in [4.78, 5) is 2.68. The second-order valence-corrected chi connectivity index (χ2v) is 6.21. The van der Waals surface area contributed by atoms with E-state index >= 15 is 0 Å². The molecule has 0 saturated carbocycles. The Labute approximate surface area is 128 Å². The lowest BCUT2D eigenvalue weighted by molar-refractivity contribution is 0.138. The quantitative estimate of drug-likeness (QED) is 0.843. The highest BCUT2D eigenvalue weighted by Crippen LogP contribution is 2.23. The zero-order valence-corrected chi connectivity index (χ0v) is 13.5. The maximum absolute atomic E-state index is 5.97. The summed E-state index contributed by atoms with van der Waals surface area (Å²) in [5, 5.41) is 4.25. The van der Waals surface area contributed by atoms with Crippen molar-refractivity contribution < 1.29 is 0 Å². The van der Waals surface area contributed by atoms with Crippen molar-refractivity contribution in [2.24, 2.45) is 0 Å². The van der Waals surface area contributed by atoms with Crippen LogP contribution in [0.1, 0.15) is 50.6 Å². The highest BCUT2D eigenvalue weighted by Gasteiger charge is 2.21. The molecule has 2 nitrogen and oxygen atoms in total. The van der Waals surface area contributed by atoms with Crippen LogP contribution in [0.15, 0.2) is 24.3 Å². The van der Waals surface area contributed by atoms with Crippen molar-refractivity contribution in [2.45, 2.75) is 51.1 Å². The molecule has 20 heavy (non-hydrogen) atoms. The van der Waals surface area contributed by atoms with E-state index in [9.17, 15) is 0 Å². The molecule has 0 radical (unpaired) electrons. The Hall–Kier alpha value is -0.570. The molecule has 0 amide bonds. The van der Waals surface area contributed by atoms with Crippen molar-refractivity contribution in [3.05, 3.63) is 34.9 Å². The standard InChI is InChI=1S/C17H27ClN2/c1-3-16-6-4-5-12-20(16)13-11-17(19-2)14-7-9-15(18)10-8-14/h7-10,16-17,19H,3-6,11-13H2,1-2H3. The molecule has 0 spiro atoms. The number of nitrogens with zero attached hydrogens (tertiary/aromatic N) is 1. The Bertz CT molecular complexity index is 390. The molecule has 1 aliphatic heterocycles. The van der Waals surface area contributed by atoms with E-state index in [0.717, 1.165) is 17.5 Å². The second-order valence-electron chi connectivity index (χ2n) is 5.78. The molecule has 0 aromatic heterocycles. The largest absolute Gasteiger partial charge is 0.313 e. The number of benzene rings is 1. The molecule has 1 heterocycles. The maximum Gasteiger partial charge on any atom is 0.0406 e. The number of piperidine rings is 1. The molecule has 3 heteroatoms. The van der Waals surface area contributed by atoms with Crippen LogP contribution in [0.3, 0.4) is 0 Å². The van der Waals surface area contributed by atoms with Gasteiger partial charge >= 0.3 is 0 Å². The summed E-state index contributed by atoms with van der Waals surface area (Å²) < 4.78 is 0. The molecule has 0 aliphatic carbocycles. The first kappa shape index (κ1) is 15.8. The van der Waals surface area contributed by atoms with Gasteiger partial charge in [0.1, 0.15) is 0 Å². The third kappa shape index (κ3) is 4.21. The van der Waals surface area contributed by atoms with Crippen LogP contribution in [-0.2, 0) is 0 Å². The highest BCUT2D eigenvalue weighted by molar-refractivity contribution is 6.30. The number of hydrogen-bond acceptors (Lipinski definition) is 2. The van der Waals surface area contributed by atoms with Gasteiger partial charge in [-0.05, 0) is 57.0 Å². The SMILES string of the molecule is CCC1CCCCN1CCC(NC)c1ccc(Cl)cc1.